The van der Waals surface area contributed by atoms with E-state index in [2.05, 4.69) is 5.32 Å². The summed E-state index contributed by atoms with van der Waals surface area (Å²) in [6, 6.07) is 12.8. The summed E-state index contributed by atoms with van der Waals surface area (Å²) < 4.78 is 11.0. The number of nitrogens with one attached hydrogen (secondary N) is 1. The number of nitrogens with zero attached hydrogens (tertiary/aromatic N) is 1. The minimum Gasteiger partial charge on any atom is -0.495 e. The minimum absolute atomic E-state index is 0.0749. The van der Waals surface area contributed by atoms with Crippen molar-refractivity contribution in [3.05, 3.63) is 48.0 Å². The zero-order chi connectivity index (χ0) is 19.2. The van der Waals surface area contributed by atoms with Crippen molar-refractivity contribution in [3.63, 3.8) is 0 Å². The third-order valence-electron chi connectivity index (χ3n) is 4.53. The maximum Gasteiger partial charge on any atom is 0.262 e. The molecule has 0 saturated carbocycles. The minimum atomic E-state index is -0.264. The molecule has 2 aromatic rings. The molecular formula is C21H24N2O4. The number of rotatable bonds is 6. The van der Waals surface area contributed by atoms with E-state index < -0.39 is 0 Å². The lowest BCUT2D eigenvalue weighted by Gasteiger charge is -2.28. The zero-order valence-corrected chi connectivity index (χ0v) is 15.7. The highest BCUT2D eigenvalue weighted by Gasteiger charge is 2.23. The second-order valence-electron chi connectivity index (χ2n) is 6.49. The average Bonchev–Trinajstić information content (AvgIpc) is 2.68. The molecule has 0 atom stereocenters. The van der Waals surface area contributed by atoms with Gasteiger partial charge in [0.15, 0.2) is 6.61 Å². The molecule has 1 saturated heterocycles. The van der Waals surface area contributed by atoms with Crippen LogP contribution in [0.5, 0.6) is 11.5 Å². The lowest BCUT2D eigenvalue weighted by molar-refractivity contribution is -0.119. The average molecular weight is 368 g/mol. The number of aryl methyl sites for hydroxylation is 1. The van der Waals surface area contributed by atoms with E-state index in [4.69, 9.17) is 9.47 Å². The number of ether oxygens (including phenoxy) is 2. The maximum absolute atomic E-state index is 12.3. The Hall–Kier alpha value is -3.02. The van der Waals surface area contributed by atoms with Crippen LogP contribution in [-0.2, 0) is 9.59 Å². The number of anilines is 2. The SMILES string of the molecule is COc1ccc(NC(=O)COc2ccccc2C)cc1N1CCCCC1=O. The normalized spacial score (nSPS) is 14.0. The molecular weight excluding hydrogens is 344 g/mol. The predicted molar refractivity (Wildman–Crippen MR) is 105 cm³/mol. The van der Waals surface area contributed by atoms with Gasteiger partial charge in [-0.1, -0.05) is 18.2 Å². The molecule has 142 valence electrons. The third kappa shape index (κ3) is 4.58. The van der Waals surface area contributed by atoms with Crippen LogP contribution in [0.25, 0.3) is 0 Å². The molecule has 2 amide bonds. The number of hydrogen-bond acceptors (Lipinski definition) is 4. The standard InChI is InChI=1S/C21H24N2O4/c1-15-7-3-4-8-18(15)27-14-20(24)22-16-10-11-19(26-2)17(13-16)23-12-6-5-9-21(23)25/h3-4,7-8,10-11,13H,5-6,9,12,14H2,1-2H3,(H,22,24). The van der Waals surface area contributed by atoms with Crippen LogP contribution < -0.4 is 19.7 Å². The van der Waals surface area contributed by atoms with Crippen molar-refractivity contribution in [2.75, 3.05) is 30.5 Å². The largest absolute Gasteiger partial charge is 0.495 e. The first-order valence-corrected chi connectivity index (χ1v) is 9.05. The molecule has 3 rings (SSSR count). The summed E-state index contributed by atoms with van der Waals surface area (Å²) in [7, 11) is 1.57. The first-order valence-electron chi connectivity index (χ1n) is 9.05. The Balaban J connectivity index is 1.69. The lowest BCUT2D eigenvalue weighted by Crippen LogP contribution is -2.35. The van der Waals surface area contributed by atoms with Gasteiger partial charge in [0, 0.05) is 18.7 Å². The van der Waals surface area contributed by atoms with Crippen LogP contribution in [-0.4, -0.2) is 32.1 Å². The second kappa shape index (κ2) is 8.58. The summed E-state index contributed by atoms with van der Waals surface area (Å²) in [5.41, 5.74) is 2.25. The molecule has 0 aromatic heterocycles. The summed E-state index contributed by atoms with van der Waals surface area (Å²) in [4.78, 5) is 26.2. The molecule has 2 aromatic carbocycles. The molecule has 0 bridgehead atoms. The smallest absolute Gasteiger partial charge is 0.262 e. The highest BCUT2D eigenvalue weighted by atomic mass is 16.5. The molecule has 0 unspecified atom stereocenters. The Labute approximate surface area is 159 Å². The van der Waals surface area contributed by atoms with Crippen LogP contribution in [0.1, 0.15) is 24.8 Å². The lowest BCUT2D eigenvalue weighted by atomic mass is 10.1. The molecule has 6 nitrogen and oxygen atoms in total. The van der Waals surface area contributed by atoms with Gasteiger partial charge in [-0.15, -0.1) is 0 Å². The van der Waals surface area contributed by atoms with Gasteiger partial charge in [0.25, 0.3) is 5.91 Å². The van der Waals surface area contributed by atoms with Crippen molar-refractivity contribution in [3.8, 4) is 11.5 Å². The first-order chi connectivity index (χ1) is 13.1. The fraction of sp³-hybridized carbons (Fsp3) is 0.333. The van der Waals surface area contributed by atoms with Gasteiger partial charge < -0.3 is 19.7 Å². The zero-order valence-electron chi connectivity index (χ0n) is 15.7. The number of methoxy groups -OCH3 is 1. The van der Waals surface area contributed by atoms with E-state index in [0.717, 1.165) is 18.4 Å². The van der Waals surface area contributed by atoms with E-state index in [1.54, 1.807) is 30.2 Å². The second-order valence-corrected chi connectivity index (χ2v) is 6.49. The van der Waals surface area contributed by atoms with E-state index in [9.17, 15) is 9.59 Å². The summed E-state index contributed by atoms with van der Waals surface area (Å²) in [6.07, 6.45) is 2.39. The van der Waals surface area contributed by atoms with Crippen molar-refractivity contribution in [2.45, 2.75) is 26.2 Å². The molecule has 1 N–H and O–H groups in total. The Morgan fingerprint density at radius 1 is 1.15 bits per heavy atom. The van der Waals surface area contributed by atoms with Crippen LogP contribution in [0, 0.1) is 6.92 Å². The number of piperidine rings is 1. The van der Waals surface area contributed by atoms with Crippen molar-refractivity contribution < 1.29 is 19.1 Å². The van der Waals surface area contributed by atoms with Gasteiger partial charge in [0.05, 0.1) is 12.8 Å². The Morgan fingerprint density at radius 3 is 2.70 bits per heavy atom. The van der Waals surface area contributed by atoms with E-state index in [0.29, 0.717) is 35.8 Å². The predicted octanol–water partition coefficient (Wildman–Crippen LogP) is 3.54. The summed E-state index contributed by atoms with van der Waals surface area (Å²) in [6.45, 7) is 2.50. The van der Waals surface area contributed by atoms with Crippen molar-refractivity contribution in [1.29, 1.82) is 0 Å². The van der Waals surface area contributed by atoms with E-state index in [1.807, 2.05) is 31.2 Å². The topological polar surface area (TPSA) is 67.9 Å². The molecule has 0 spiro atoms. The Bertz CT molecular complexity index is 835. The highest BCUT2D eigenvalue weighted by Crippen LogP contribution is 2.33. The van der Waals surface area contributed by atoms with Gasteiger partial charge in [-0.2, -0.15) is 0 Å². The van der Waals surface area contributed by atoms with Gasteiger partial charge >= 0.3 is 0 Å². The van der Waals surface area contributed by atoms with Gasteiger partial charge in [-0.25, -0.2) is 0 Å². The summed E-state index contributed by atoms with van der Waals surface area (Å²) in [5.74, 6) is 1.10. The van der Waals surface area contributed by atoms with Crippen molar-refractivity contribution in [1.82, 2.24) is 0 Å². The molecule has 27 heavy (non-hydrogen) atoms. The Kier molecular flexibility index (Phi) is 5.96. The van der Waals surface area contributed by atoms with Crippen LogP contribution in [0.2, 0.25) is 0 Å². The highest BCUT2D eigenvalue weighted by molar-refractivity contribution is 5.97. The third-order valence-corrected chi connectivity index (χ3v) is 4.53. The van der Waals surface area contributed by atoms with Crippen molar-refractivity contribution >= 4 is 23.2 Å². The van der Waals surface area contributed by atoms with Gasteiger partial charge in [-0.3, -0.25) is 9.59 Å². The van der Waals surface area contributed by atoms with E-state index >= 15 is 0 Å². The molecule has 1 aliphatic rings. The maximum atomic E-state index is 12.3. The number of carbonyl (C=O) groups excluding carboxylic acids is 2. The molecule has 1 aliphatic heterocycles. The number of amides is 2. The summed E-state index contributed by atoms with van der Waals surface area (Å²) >= 11 is 0. The van der Waals surface area contributed by atoms with E-state index in [-0.39, 0.29) is 18.4 Å². The number of hydrogen-bond donors (Lipinski definition) is 1. The fourth-order valence-corrected chi connectivity index (χ4v) is 3.10. The van der Waals surface area contributed by atoms with Crippen LogP contribution in [0.3, 0.4) is 0 Å². The van der Waals surface area contributed by atoms with Crippen LogP contribution >= 0.6 is 0 Å². The van der Waals surface area contributed by atoms with E-state index in [1.165, 1.54) is 0 Å². The Morgan fingerprint density at radius 2 is 1.96 bits per heavy atom. The van der Waals surface area contributed by atoms with Crippen LogP contribution in [0.15, 0.2) is 42.5 Å². The molecule has 1 fully saturated rings. The molecule has 1 heterocycles. The molecule has 0 radical (unpaired) electrons. The monoisotopic (exact) mass is 368 g/mol. The first kappa shape index (κ1) is 18.8. The number of carbonyl (C=O) groups is 2. The summed E-state index contributed by atoms with van der Waals surface area (Å²) in [5, 5.41) is 2.82. The van der Waals surface area contributed by atoms with Crippen LogP contribution in [0.4, 0.5) is 11.4 Å². The van der Waals surface area contributed by atoms with Gasteiger partial charge in [-0.05, 0) is 49.6 Å². The number of para-hydroxylation sites is 1. The molecule has 6 heteroatoms. The van der Waals surface area contributed by atoms with Crippen molar-refractivity contribution in [2.24, 2.45) is 0 Å². The molecule has 0 aliphatic carbocycles. The quantitative estimate of drug-likeness (QED) is 0.847. The van der Waals surface area contributed by atoms with Gasteiger partial charge in [0.1, 0.15) is 11.5 Å². The van der Waals surface area contributed by atoms with Gasteiger partial charge in [0.2, 0.25) is 5.91 Å². The number of benzene rings is 2. The fourth-order valence-electron chi connectivity index (χ4n) is 3.10.